The van der Waals surface area contributed by atoms with Gasteiger partial charge in [-0.15, -0.1) is 0 Å². The Morgan fingerprint density at radius 2 is 2.29 bits per heavy atom. The van der Waals surface area contributed by atoms with Crippen molar-refractivity contribution < 1.29 is 9.13 Å². The molecule has 2 rings (SSSR count). The van der Waals surface area contributed by atoms with Crippen LogP contribution in [0.1, 0.15) is 31.2 Å². The van der Waals surface area contributed by atoms with E-state index in [-0.39, 0.29) is 23.8 Å². The van der Waals surface area contributed by atoms with Gasteiger partial charge in [-0.25, -0.2) is 9.38 Å². The highest BCUT2D eigenvalue weighted by atomic mass is 19.1. The van der Waals surface area contributed by atoms with Gasteiger partial charge in [0, 0.05) is 0 Å². The normalized spacial score (nSPS) is 20.8. The molecule has 17 heavy (non-hydrogen) atoms. The second kappa shape index (κ2) is 5.17. The summed E-state index contributed by atoms with van der Waals surface area (Å²) in [4.78, 5) is 4.18. The molecule has 0 fully saturated rings. The van der Waals surface area contributed by atoms with Gasteiger partial charge in [-0.3, -0.25) is 0 Å². The van der Waals surface area contributed by atoms with Crippen LogP contribution in [0.4, 0.5) is 4.39 Å². The molecule has 1 aliphatic heterocycles. The van der Waals surface area contributed by atoms with Gasteiger partial charge in [-0.05, 0) is 30.4 Å². The Bertz CT molecular complexity index is 420. The van der Waals surface area contributed by atoms with Crippen LogP contribution in [0.25, 0.3) is 0 Å². The fraction of sp³-hybridized carbons (Fsp3) is 0.462. The second-order valence-corrected chi connectivity index (χ2v) is 4.29. The number of ether oxygens (including phenoxy) is 1. The number of hydrogen-bond donors (Lipinski definition) is 1. The molecule has 0 amide bonds. The van der Waals surface area contributed by atoms with Crippen molar-refractivity contribution in [1.29, 1.82) is 0 Å². The SMILES string of the molecule is CCC(C[C@H]1COC(N)=N1)c1ccccc1F. The minimum absolute atomic E-state index is 0.0551. The van der Waals surface area contributed by atoms with Crippen molar-refractivity contribution in [3.8, 4) is 0 Å². The van der Waals surface area contributed by atoms with Crippen LogP contribution < -0.4 is 5.73 Å². The highest BCUT2D eigenvalue weighted by molar-refractivity contribution is 5.73. The zero-order chi connectivity index (χ0) is 12.3. The summed E-state index contributed by atoms with van der Waals surface area (Å²) < 4.78 is 18.8. The first kappa shape index (κ1) is 11.9. The van der Waals surface area contributed by atoms with Crippen molar-refractivity contribution >= 4 is 6.02 Å². The molecule has 1 aliphatic rings. The summed E-state index contributed by atoms with van der Waals surface area (Å²) in [6, 6.07) is 7.22. The number of nitrogens with two attached hydrogens (primary N) is 1. The van der Waals surface area contributed by atoms with Crippen molar-refractivity contribution in [2.45, 2.75) is 31.7 Å². The maximum Gasteiger partial charge on any atom is 0.282 e. The molecule has 0 aromatic heterocycles. The van der Waals surface area contributed by atoms with Gasteiger partial charge in [-0.1, -0.05) is 25.1 Å². The third-order valence-electron chi connectivity index (χ3n) is 3.13. The summed E-state index contributed by atoms with van der Waals surface area (Å²) in [5, 5.41) is 0. The number of benzene rings is 1. The molecule has 0 saturated heterocycles. The van der Waals surface area contributed by atoms with Crippen molar-refractivity contribution in [2.24, 2.45) is 10.7 Å². The molecule has 1 aromatic rings. The summed E-state index contributed by atoms with van der Waals surface area (Å²) in [6.45, 7) is 2.57. The summed E-state index contributed by atoms with van der Waals surface area (Å²) in [6.07, 6.45) is 1.66. The van der Waals surface area contributed by atoms with Crippen molar-refractivity contribution in [2.75, 3.05) is 6.61 Å². The Morgan fingerprint density at radius 1 is 1.53 bits per heavy atom. The molecule has 2 atom stereocenters. The van der Waals surface area contributed by atoms with Crippen LogP contribution in [0.2, 0.25) is 0 Å². The molecule has 0 spiro atoms. The number of halogens is 1. The van der Waals surface area contributed by atoms with E-state index < -0.39 is 0 Å². The van der Waals surface area contributed by atoms with E-state index in [9.17, 15) is 4.39 Å². The Hall–Kier alpha value is -1.58. The van der Waals surface area contributed by atoms with Gasteiger partial charge >= 0.3 is 0 Å². The van der Waals surface area contributed by atoms with Crippen LogP contribution in [0.5, 0.6) is 0 Å². The maximum atomic E-state index is 13.7. The second-order valence-electron chi connectivity index (χ2n) is 4.29. The molecule has 3 nitrogen and oxygen atoms in total. The molecule has 0 bridgehead atoms. The monoisotopic (exact) mass is 236 g/mol. The molecule has 0 aliphatic carbocycles. The molecule has 1 unspecified atom stereocenters. The quantitative estimate of drug-likeness (QED) is 0.872. The Morgan fingerprint density at radius 3 is 2.88 bits per heavy atom. The molecule has 4 heteroatoms. The van der Waals surface area contributed by atoms with E-state index in [2.05, 4.69) is 11.9 Å². The molecule has 1 heterocycles. The average molecular weight is 236 g/mol. The topological polar surface area (TPSA) is 47.6 Å². The molecule has 1 aromatic carbocycles. The lowest BCUT2D eigenvalue weighted by Gasteiger charge is -2.17. The molecule has 2 N–H and O–H groups in total. The van der Waals surface area contributed by atoms with Gasteiger partial charge in [-0.2, -0.15) is 0 Å². The largest absolute Gasteiger partial charge is 0.463 e. The molecular formula is C13H17FN2O. The fourth-order valence-corrected chi connectivity index (χ4v) is 2.20. The minimum Gasteiger partial charge on any atom is -0.463 e. The minimum atomic E-state index is -0.143. The van der Waals surface area contributed by atoms with Crippen LogP contribution in [0.3, 0.4) is 0 Å². The maximum absolute atomic E-state index is 13.7. The van der Waals surface area contributed by atoms with E-state index in [1.54, 1.807) is 6.07 Å². The molecule has 0 saturated carbocycles. The van der Waals surface area contributed by atoms with E-state index in [0.29, 0.717) is 6.61 Å². The lowest BCUT2D eigenvalue weighted by Crippen LogP contribution is -2.13. The Labute approximate surface area is 100 Å². The molecular weight excluding hydrogens is 219 g/mol. The third kappa shape index (κ3) is 2.75. The zero-order valence-corrected chi connectivity index (χ0v) is 9.90. The van der Waals surface area contributed by atoms with Gasteiger partial charge < -0.3 is 10.5 Å². The smallest absolute Gasteiger partial charge is 0.282 e. The van der Waals surface area contributed by atoms with Gasteiger partial charge in [0.1, 0.15) is 12.4 Å². The predicted octanol–water partition coefficient (Wildman–Crippen LogP) is 2.42. The highest BCUT2D eigenvalue weighted by Crippen LogP contribution is 2.28. The van der Waals surface area contributed by atoms with Crippen LogP contribution in [0.15, 0.2) is 29.3 Å². The third-order valence-corrected chi connectivity index (χ3v) is 3.13. The van der Waals surface area contributed by atoms with Gasteiger partial charge in [0.15, 0.2) is 0 Å². The average Bonchev–Trinajstić information content (AvgIpc) is 2.73. The highest BCUT2D eigenvalue weighted by Gasteiger charge is 2.23. The number of nitrogens with zero attached hydrogens (tertiary/aromatic N) is 1. The van der Waals surface area contributed by atoms with E-state index >= 15 is 0 Å². The van der Waals surface area contributed by atoms with E-state index in [1.807, 2.05) is 12.1 Å². The first-order valence-corrected chi connectivity index (χ1v) is 5.91. The number of rotatable bonds is 4. The lowest BCUT2D eigenvalue weighted by atomic mass is 9.90. The van der Waals surface area contributed by atoms with E-state index in [0.717, 1.165) is 18.4 Å². The van der Waals surface area contributed by atoms with E-state index in [1.165, 1.54) is 6.07 Å². The molecule has 92 valence electrons. The first-order chi connectivity index (χ1) is 8.20. The van der Waals surface area contributed by atoms with Crippen LogP contribution >= 0.6 is 0 Å². The Balaban J connectivity index is 2.09. The van der Waals surface area contributed by atoms with Crippen LogP contribution in [-0.4, -0.2) is 18.7 Å². The summed E-state index contributed by atoms with van der Waals surface area (Å²) in [5.74, 6) is 0.0228. The summed E-state index contributed by atoms with van der Waals surface area (Å²) in [5.41, 5.74) is 6.22. The predicted molar refractivity (Wildman–Crippen MR) is 65.4 cm³/mol. The van der Waals surface area contributed by atoms with Crippen molar-refractivity contribution in [3.05, 3.63) is 35.6 Å². The van der Waals surface area contributed by atoms with Crippen molar-refractivity contribution in [1.82, 2.24) is 0 Å². The summed E-state index contributed by atoms with van der Waals surface area (Å²) >= 11 is 0. The summed E-state index contributed by atoms with van der Waals surface area (Å²) in [7, 11) is 0. The molecule has 0 radical (unpaired) electrons. The number of amidine groups is 1. The first-order valence-electron chi connectivity index (χ1n) is 5.91. The lowest BCUT2D eigenvalue weighted by molar-refractivity contribution is 0.300. The fourth-order valence-electron chi connectivity index (χ4n) is 2.20. The van der Waals surface area contributed by atoms with Crippen LogP contribution in [0, 0.1) is 5.82 Å². The zero-order valence-electron chi connectivity index (χ0n) is 9.90. The van der Waals surface area contributed by atoms with Gasteiger partial charge in [0.2, 0.25) is 0 Å². The number of hydrogen-bond acceptors (Lipinski definition) is 3. The van der Waals surface area contributed by atoms with E-state index in [4.69, 9.17) is 10.5 Å². The Kier molecular flexibility index (Phi) is 3.61. The van der Waals surface area contributed by atoms with Gasteiger partial charge in [0.05, 0.1) is 6.04 Å². The standard InChI is InChI=1S/C13H17FN2O/c1-2-9(7-10-8-17-13(15)16-10)11-5-3-4-6-12(11)14/h3-6,9-10H,2,7-8H2,1H3,(H2,15,16)/t9?,10-/m0/s1. The van der Waals surface area contributed by atoms with Crippen molar-refractivity contribution in [3.63, 3.8) is 0 Å². The van der Waals surface area contributed by atoms with Gasteiger partial charge in [0.25, 0.3) is 6.02 Å². The number of aliphatic imine (C=N–C) groups is 1. The van der Waals surface area contributed by atoms with Crippen LogP contribution in [-0.2, 0) is 4.74 Å².